The zero-order valence-corrected chi connectivity index (χ0v) is 12.5. The van der Waals surface area contributed by atoms with Crippen LogP contribution in [0, 0.1) is 5.92 Å². The number of esters is 1. The van der Waals surface area contributed by atoms with Crippen LogP contribution in [0.2, 0.25) is 0 Å². The Balaban J connectivity index is 2.20. The Morgan fingerprint density at radius 1 is 1.24 bits per heavy atom. The van der Waals surface area contributed by atoms with E-state index < -0.39 is 21.9 Å². The second-order valence-electron chi connectivity index (χ2n) is 4.80. The number of carbonyl (C=O) groups excluding carboxylic acids is 2. The normalized spacial score (nSPS) is 20.8. The van der Waals surface area contributed by atoms with Gasteiger partial charge in [-0.1, -0.05) is 18.2 Å². The van der Waals surface area contributed by atoms with E-state index >= 15 is 0 Å². The number of hydrogen-bond acceptors (Lipinski definition) is 5. The molecule has 6 nitrogen and oxygen atoms in total. The summed E-state index contributed by atoms with van der Waals surface area (Å²) in [7, 11) is -2.41. The number of hydrogen-bond donors (Lipinski definition) is 0. The van der Waals surface area contributed by atoms with Crippen LogP contribution in [-0.4, -0.2) is 44.7 Å². The van der Waals surface area contributed by atoms with Gasteiger partial charge in [0.1, 0.15) is 11.7 Å². The van der Waals surface area contributed by atoms with E-state index in [9.17, 15) is 18.0 Å². The number of sulfonamides is 1. The molecule has 0 aliphatic carbocycles. The average molecular weight is 311 g/mol. The first-order valence-corrected chi connectivity index (χ1v) is 8.06. The molecule has 1 fully saturated rings. The number of ketones is 1. The Hall–Kier alpha value is -1.73. The van der Waals surface area contributed by atoms with E-state index in [1.807, 2.05) is 0 Å². The molecule has 1 aromatic carbocycles. The van der Waals surface area contributed by atoms with Crippen molar-refractivity contribution in [2.75, 3.05) is 20.2 Å². The number of carbonyl (C=O) groups is 2. The predicted octanol–water partition coefficient (Wildman–Crippen LogP) is 0.829. The zero-order valence-electron chi connectivity index (χ0n) is 11.7. The molecule has 1 aliphatic rings. The minimum atomic E-state index is -3.64. The molecule has 7 heteroatoms. The summed E-state index contributed by atoms with van der Waals surface area (Å²) in [6, 6.07) is 8.05. The highest BCUT2D eigenvalue weighted by Crippen LogP contribution is 2.22. The Kier molecular flexibility index (Phi) is 4.74. The van der Waals surface area contributed by atoms with Crippen molar-refractivity contribution in [3.05, 3.63) is 30.3 Å². The van der Waals surface area contributed by atoms with Crippen molar-refractivity contribution in [1.29, 1.82) is 0 Å². The molecule has 2 rings (SSSR count). The Morgan fingerprint density at radius 3 is 2.52 bits per heavy atom. The lowest BCUT2D eigenvalue weighted by Crippen LogP contribution is -2.32. The first-order valence-electron chi connectivity index (χ1n) is 6.62. The smallest absolute Gasteiger partial charge is 0.316 e. The van der Waals surface area contributed by atoms with Crippen molar-refractivity contribution >= 4 is 21.8 Å². The third-order valence-electron chi connectivity index (χ3n) is 3.53. The van der Waals surface area contributed by atoms with Gasteiger partial charge < -0.3 is 4.74 Å². The van der Waals surface area contributed by atoms with E-state index in [0.717, 1.165) is 0 Å². The largest absolute Gasteiger partial charge is 0.468 e. The average Bonchev–Trinajstić information content (AvgIpc) is 2.69. The summed E-state index contributed by atoms with van der Waals surface area (Å²) >= 11 is 0. The van der Waals surface area contributed by atoms with E-state index in [0.29, 0.717) is 0 Å². The van der Waals surface area contributed by atoms with Gasteiger partial charge in [-0.3, -0.25) is 9.59 Å². The van der Waals surface area contributed by atoms with Crippen LogP contribution in [0.25, 0.3) is 0 Å². The van der Waals surface area contributed by atoms with Crippen LogP contribution in [-0.2, 0) is 24.3 Å². The second-order valence-corrected chi connectivity index (χ2v) is 6.74. The summed E-state index contributed by atoms with van der Waals surface area (Å²) in [4.78, 5) is 23.6. The van der Waals surface area contributed by atoms with E-state index in [1.165, 1.54) is 23.5 Å². The maximum atomic E-state index is 12.5. The highest BCUT2D eigenvalue weighted by molar-refractivity contribution is 7.89. The van der Waals surface area contributed by atoms with Crippen LogP contribution in [0.15, 0.2) is 35.2 Å². The van der Waals surface area contributed by atoms with Gasteiger partial charge in [-0.05, 0) is 18.6 Å². The van der Waals surface area contributed by atoms with Crippen LogP contribution < -0.4 is 0 Å². The van der Waals surface area contributed by atoms with Gasteiger partial charge in [-0.15, -0.1) is 0 Å². The number of methoxy groups -OCH3 is 1. The van der Waals surface area contributed by atoms with Crippen molar-refractivity contribution in [2.24, 2.45) is 5.92 Å². The molecular formula is C14H17NO5S. The number of ether oxygens (including phenoxy) is 1. The van der Waals surface area contributed by atoms with Crippen molar-refractivity contribution < 1.29 is 22.7 Å². The first kappa shape index (κ1) is 15.7. The number of nitrogens with zero attached hydrogens (tertiary/aromatic N) is 1. The number of benzene rings is 1. The Labute approximate surface area is 123 Å². The maximum absolute atomic E-state index is 12.5. The molecule has 0 N–H and O–H groups in total. The molecule has 0 spiro atoms. The minimum Gasteiger partial charge on any atom is -0.468 e. The molecule has 0 amide bonds. The third kappa shape index (κ3) is 3.30. The molecule has 0 saturated carbocycles. The molecule has 1 aliphatic heterocycles. The van der Waals surface area contributed by atoms with Gasteiger partial charge >= 0.3 is 5.97 Å². The third-order valence-corrected chi connectivity index (χ3v) is 5.44. The van der Waals surface area contributed by atoms with E-state index in [2.05, 4.69) is 4.74 Å². The fourth-order valence-electron chi connectivity index (χ4n) is 2.33. The molecule has 1 atom stereocenters. The molecule has 1 saturated heterocycles. The van der Waals surface area contributed by atoms with Crippen LogP contribution in [0.4, 0.5) is 0 Å². The van der Waals surface area contributed by atoms with Gasteiger partial charge in [0.05, 0.1) is 12.0 Å². The van der Waals surface area contributed by atoms with Crippen molar-refractivity contribution in [3.63, 3.8) is 0 Å². The van der Waals surface area contributed by atoms with E-state index in [-0.39, 0.29) is 36.6 Å². The predicted molar refractivity (Wildman–Crippen MR) is 74.9 cm³/mol. The molecule has 114 valence electrons. The van der Waals surface area contributed by atoms with Gasteiger partial charge in [-0.2, -0.15) is 4.31 Å². The molecule has 21 heavy (non-hydrogen) atoms. The standard InChI is InChI=1S/C14H17NO5S/c1-20-14(17)12-7-9-15(10-8-13(12)16)21(18,19)11-5-3-2-4-6-11/h2-6,12H,7-10H2,1H3. The monoisotopic (exact) mass is 311 g/mol. The van der Waals surface area contributed by atoms with Gasteiger partial charge in [0.2, 0.25) is 10.0 Å². The summed E-state index contributed by atoms with van der Waals surface area (Å²) < 4.78 is 30.8. The summed E-state index contributed by atoms with van der Waals surface area (Å²) in [5.74, 6) is -1.74. The minimum absolute atomic E-state index is 0.0197. The van der Waals surface area contributed by atoms with E-state index in [1.54, 1.807) is 18.2 Å². The highest BCUT2D eigenvalue weighted by Gasteiger charge is 2.34. The Bertz CT molecular complexity index is 626. The van der Waals surface area contributed by atoms with Crippen LogP contribution >= 0.6 is 0 Å². The lowest BCUT2D eigenvalue weighted by atomic mass is 10.00. The summed E-state index contributed by atoms with van der Waals surface area (Å²) in [6.07, 6.45) is 0.170. The zero-order chi connectivity index (χ0) is 15.5. The molecule has 0 radical (unpaired) electrons. The van der Waals surface area contributed by atoms with Gasteiger partial charge in [0.15, 0.2) is 0 Å². The van der Waals surface area contributed by atoms with Gasteiger partial charge in [0.25, 0.3) is 0 Å². The summed E-state index contributed by atoms with van der Waals surface area (Å²) in [5.41, 5.74) is 0. The lowest BCUT2D eigenvalue weighted by molar-refractivity contribution is -0.149. The topological polar surface area (TPSA) is 80.8 Å². The molecule has 0 bridgehead atoms. The molecule has 1 aromatic rings. The maximum Gasteiger partial charge on any atom is 0.316 e. The molecule has 1 heterocycles. The van der Waals surface area contributed by atoms with Gasteiger partial charge in [0, 0.05) is 19.5 Å². The lowest BCUT2D eigenvalue weighted by Gasteiger charge is -2.19. The van der Waals surface area contributed by atoms with E-state index in [4.69, 9.17) is 0 Å². The number of rotatable bonds is 3. The van der Waals surface area contributed by atoms with Crippen LogP contribution in [0.1, 0.15) is 12.8 Å². The highest BCUT2D eigenvalue weighted by atomic mass is 32.2. The first-order chi connectivity index (χ1) is 9.96. The van der Waals surface area contributed by atoms with Crippen molar-refractivity contribution in [1.82, 2.24) is 4.31 Å². The van der Waals surface area contributed by atoms with Crippen molar-refractivity contribution in [2.45, 2.75) is 17.7 Å². The summed E-state index contributed by atoms with van der Waals surface area (Å²) in [5, 5.41) is 0. The van der Waals surface area contributed by atoms with Crippen LogP contribution in [0.3, 0.4) is 0 Å². The Morgan fingerprint density at radius 2 is 1.90 bits per heavy atom. The molecule has 1 unspecified atom stereocenters. The fraction of sp³-hybridized carbons (Fsp3) is 0.429. The fourth-order valence-corrected chi connectivity index (χ4v) is 3.81. The quantitative estimate of drug-likeness (QED) is 0.610. The van der Waals surface area contributed by atoms with Gasteiger partial charge in [-0.25, -0.2) is 8.42 Å². The van der Waals surface area contributed by atoms with Crippen LogP contribution in [0.5, 0.6) is 0 Å². The molecule has 0 aromatic heterocycles. The molecular weight excluding hydrogens is 294 g/mol. The second kappa shape index (κ2) is 6.36. The SMILES string of the molecule is COC(=O)C1CCN(S(=O)(=O)c2ccccc2)CCC1=O. The summed E-state index contributed by atoms with van der Waals surface area (Å²) in [6.45, 7) is 0.215. The van der Waals surface area contributed by atoms with Crippen molar-refractivity contribution in [3.8, 4) is 0 Å². The number of Topliss-reactive ketones (excluding diaryl/α,β-unsaturated/α-hetero) is 1.